The molecule has 0 aliphatic heterocycles. The Labute approximate surface area is 111 Å². The van der Waals surface area contributed by atoms with Crippen LogP contribution in [0.1, 0.15) is 22.8 Å². The van der Waals surface area contributed by atoms with E-state index in [1.54, 1.807) is 10.9 Å². The molecule has 0 spiro atoms. The fourth-order valence-corrected chi connectivity index (χ4v) is 2.04. The molecule has 6 heteroatoms. The van der Waals surface area contributed by atoms with Crippen molar-refractivity contribution in [3.8, 4) is 0 Å². The zero-order valence-corrected chi connectivity index (χ0v) is 11.5. The van der Waals surface area contributed by atoms with E-state index in [9.17, 15) is 0 Å². The van der Waals surface area contributed by atoms with Crippen LogP contribution in [0.4, 0.5) is 0 Å². The molecule has 0 aromatic carbocycles. The molecule has 1 N–H and O–H groups in total. The molecular weight excluding hydrogens is 250 g/mol. The standard InChI is InChI=1S/C12H16ClN5/c1-8-11(12(13)18(3)17-8)7-14-6-10-4-5-15-9(2)16-10/h4-5,14H,6-7H2,1-3H3. The number of rotatable bonds is 4. The molecule has 0 amide bonds. The molecule has 0 aliphatic rings. The van der Waals surface area contributed by atoms with Crippen molar-refractivity contribution < 1.29 is 0 Å². The average molecular weight is 266 g/mol. The SMILES string of the molecule is Cc1nccc(CNCc2c(C)nn(C)c2Cl)n1. The molecule has 2 rings (SSSR count). The summed E-state index contributed by atoms with van der Waals surface area (Å²) in [5, 5.41) is 8.26. The van der Waals surface area contributed by atoms with Gasteiger partial charge in [0.1, 0.15) is 11.0 Å². The normalized spacial score (nSPS) is 10.9. The highest BCUT2D eigenvalue weighted by atomic mass is 35.5. The second-order valence-corrected chi connectivity index (χ2v) is 4.54. The lowest BCUT2D eigenvalue weighted by molar-refractivity contribution is 0.672. The number of halogens is 1. The molecule has 0 saturated carbocycles. The van der Waals surface area contributed by atoms with E-state index >= 15 is 0 Å². The van der Waals surface area contributed by atoms with Gasteiger partial charge < -0.3 is 5.32 Å². The van der Waals surface area contributed by atoms with E-state index in [0.717, 1.165) is 22.8 Å². The molecule has 0 bridgehead atoms. The number of hydrogen-bond donors (Lipinski definition) is 1. The predicted octanol–water partition coefficient (Wildman–Crippen LogP) is 1.77. The molecule has 5 nitrogen and oxygen atoms in total. The minimum atomic E-state index is 0.680. The van der Waals surface area contributed by atoms with Gasteiger partial charge in [-0.05, 0) is 19.9 Å². The number of nitrogens with zero attached hydrogens (tertiary/aromatic N) is 4. The maximum absolute atomic E-state index is 6.16. The van der Waals surface area contributed by atoms with Crippen molar-refractivity contribution in [2.75, 3.05) is 0 Å². The van der Waals surface area contributed by atoms with E-state index < -0.39 is 0 Å². The van der Waals surface area contributed by atoms with Crippen LogP contribution in [0.5, 0.6) is 0 Å². The summed E-state index contributed by atoms with van der Waals surface area (Å²) in [6.07, 6.45) is 1.77. The lowest BCUT2D eigenvalue weighted by Crippen LogP contribution is -2.14. The molecule has 0 unspecified atom stereocenters. The van der Waals surface area contributed by atoms with Gasteiger partial charge in [0, 0.05) is 31.9 Å². The number of aromatic nitrogens is 4. The summed E-state index contributed by atoms with van der Waals surface area (Å²) in [5.74, 6) is 0.782. The molecule has 96 valence electrons. The van der Waals surface area contributed by atoms with Crippen LogP contribution in [0, 0.1) is 13.8 Å². The molecule has 2 aromatic rings. The molecule has 18 heavy (non-hydrogen) atoms. The predicted molar refractivity (Wildman–Crippen MR) is 70.3 cm³/mol. The fourth-order valence-electron chi connectivity index (χ4n) is 1.79. The Bertz CT molecular complexity index is 549. The smallest absolute Gasteiger partial charge is 0.131 e. The van der Waals surface area contributed by atoms with E-state index in [0.29, 0.717) is 18.2 Å². The minimum Gasteiger partial charge on any atom is -0.307 e. The summed E-state index contributed by atoms with van der Waals surface area (Å²) >= 11 is 6.16. The van der Waals surface area contributed by atoms with E-state index in [2.05, 4.69) is 20.4 Å². The maximum Gasteiger partial charge on any atom is 0.131 e. The third kappa shape index (κ3) is 2.86. The first-order chi connectivity index (χ1) is 8.58. The third-order valence-corrected chi connectivity index (χ3v) is 3.18. The number of aryl methyl sites for hydroxylation is 3. The van der Waals surface area contributed by atoms with Crippen molar-refractivity contribution >= 4 is 11.6 Å². The van der Waals surface area contributed by atoms with Crippen molar-refractivity contribution in [2.45, 2.75) is 26.9 Å². The van der Waals surface area contributed by atoms with Gasteiger partial charge in [-0.2, -0.15) is 5.10 Å². The summed E-state index contributed by atoms with van der Waals surface area (Å²) < 4.78 is 1.68. The average Bonchev–Trinajstić information content (AvgIpc) is 2.56. The Morgan fingerprint density at radius 1 is 1.33 bits per heavy atom. The van der Waals surface area contributed by atoms with Crippen LogP contribution in [-0.4, -0.2) is 19.7 Å². The molecule has 0 atom stereocenters. The summed E-state index contributed by atoms with van der Waals surface area (Å²) in [6.45, 7) is 5.21. The van der Waals surface area contributed by atoms with Gasteiger partial charge >= 0.3 is 0 Å². The third-order valence-electron chi connectivity index (χ3n) is 2.71. The van der Waals surface area contributed by atoms with Crippen LogP contribution < -0.4 is 5.32 Å². The Morgan fingerprint density at radius 3 is 2.72 bits per heavy atom. The van der Waals surface area contributed by atoms with Crippen molar-refractivity contribution in [1.29, 1.82) is 0 Å². The highest BCUT2D eigenvalue weighted by molar-refractivity contribution is 6.30. The Kier molecular flexibility index (Phi) is 3.93. The van der Waals surface area contributed by atoms with Gasteiger partial charge in [-0.25, -0.2) is 9.97 Å². The lowest BCUT2D eigenvalue weighted by Gasteiger charge is -2.04. The first-order valence-electron chi connectivity index (χ1n) is 5.75. The van der Waals surface area contributed by atoms with Gasteiger partial charge in [-0.15, -0.1) is 0 Å². The molecule has 2 heterocycles. The Balaban J connectivity index is 1.96. The molecule has 2 aromatic heterocycles. The van der Waals surface area contributed by atoms with Crippen molar-refractivity contribution in [2.24, 2.45) is 7.05 Å². The van der Waals surface area contributed by atoms with Crippen LogP contribution in [0.2, 0.25) is 5.15 Å². The van der Waals surface area contributed by atoms with Crippen molar-refractivity contribution in [3.05, 3.63) is 40.2 Å². The quantitative estimate of drug-likeness (QED) is 0.915. The molecular formula is C12H16ClN5. The van der Waals surface area contributed by atoms with Crippen LogP contribution >= 0.6 is 11.6 Å². The van der Waals surface area contributed by atoms with Crippen LogP contribution in [0.25, 0.3) is 0 Å². The second kappa shape index (κ2) is 5.46. The van der Waals surface area contributed by atoms with Crippen molar-refractivity contribution in [1.82, 2.24) is 25.1 Å². The second-order valence-electron chi connectivity index (χ2n) is 4.18. The first-order valence-corrected chi connectivity index (χ1v) is 6.13. The molecule has 0 aliphatic carbocycles. The van der Waals surface area contributed by atoms with Gasteiger partial charge in [-0.3, -0.25) is 4.68 Å². The van der Waals surface area contributed by atoms with Crippen LogP contribution in [0.15, 0.2) is 12.3 Å². The number of nitrogens with one attached hydrogen (secondary N) is 1. The molecule has 0 fully saturated rings. The highest BCUT2D eigenvalue weighted by Crippen LogP contribution is 2.18. The van der Waals surface area contributed by atoms with Gasteiger partial charge in [0.2, 0.25) is 0 Å². The Morgan fingerprint density at radius 2 is 2.11 bits per heavy atom. The van der Waals surface area contributed by atoms with Crippen molar-refractivity contribution in [3.63, 3.8) is 0 Å². The largest absolute Gasteiger partial charge is 0.307 e. The van der Waals surface area contributed by atoms with Crippen LogP contribution in [-0.2, 0) is 20.1 Å². The number of hydrogen-bond acceptors (Lipinski definition) is 4. The summed E-state index contributed by atoms with van der Waals surface area (Å²) in [7, 11) is 1.84. The van der Waals surface area contributed by atoms with Gasteiger partial charge in [0.05, 0.1) is 11.4 Å². The maximum atomic E-state index is 6.16. The first kappa shape index (κ1) is 13.0. The van der Waals surface area contributed by atoms with Gasteiger partial charge in [0.15, 0.2) is 0 Å². The zero-order valence-electron chi connectivity index (χ0n) is 10.7. The topological polar surface area (TPSA) is 55.6 Å². The van der Waals surface area contributed by atoms with Crippen LogP contribution in [0.3, 0.4) is 0 Å². The Hall–Kier alpha value is -1.46. The highest BCUT2D eigenvalue weighted by Gasteiger charge is 2.10. The van der Waals surface area contributed by atoms with Gasteiger partial charge in [-0.1, -0.05) is 11.6 Å². The summed E-state index contributed by atoms with van der Waals surface area (Å²) in [5.41, 5.74) is 2.96. The van der Waals surface area contributed by atoms with E-state index in [1.165, 1.54) is 0 Å². The molecule has 0 radical (unpaired) electrons. The fraction of sp³-hybridized carbons (Fsp3) is 0.417. The zero-order chi connectivity index (χ0) is 13.1. The van der Waals surface area contributed by atoms with E-state index in [-0.39, 0.29) is 0 Å². The lowest BCUT2D eigenvalue weighted by atomic mass is 10.2. The minimum absolute atomic E-state index is 0.680. The molecule has 0 saturated heterocycles. The summed E-state index contributed by atoms with van der Waals surface area (Å²) in [6, 6.07) is 1.90. The van der Waals surface area contributed by atoms with Gasteiger partial charge in [0.25, 0.3) is 0 Å². The van der Waals surface area contributed by atoms with E-state index in [4.69, 9.17) is 11.6 Å². The summed E-state index contributed by atoms with van der Waals surface area (Å²) in [4.78, 5) is 8.39. The monoisotopic (exact) mass is 265 g/mol. The van der Waals surface area contributed by atoms with E-state index in [1.807, 2.05) is 27.0 Å².